The van der Waals surface area contributed by atoms with Gasteiger partial charge in [-0.05, 0) is 67.9 Å². The SMILES string of the molecule is Cl.Nc1ccc(C(=O)Nc2cccc(CN3CCCCC3)c2)cc1. The van der Waals surface area contributed by atoms with Crippen LogP contribution < -0.4 is 11.1 Å². The summed E-state index contributed by atoms with van der Waals surface area (Å²) in [5.74, 6) is -0.111. The molecule has 5 heteroatoms. The predicted molar refractivity (Wildman–Crippen MR) is 102 cm³/mol. The number of nitrogens with one attached hydrogen (secondary N) is 1. The second-order valence-electron chi connectivity index (χ2n) is 6.11. The van der Waals surface area contributed by atoms with Crippen molar-refractivity contribution in [3.63, 3.8) is 0 Å². The monoisotopic (exact) mass is 345 g/mol. The van der Waals surface area contributed by atoms with Gasteiger partial charge in [-0.25, -0.2) is 0 Å². The van der Waals surface area contributed by atoms with E-state index in [0.29, 0.717) is 11.3 Å². The predicted octanol–water partition coefficient (Wildman–Crippen LogP) is 3.93. The van der Waals surface area contributed by atoms with Crippen LogP contribution in [-0.4, -0.2) is 23.9 Å². The smallest absolute Gasteiger partial charge is 0.255 e. The Morgan fingerprint density at radius 3 is 2.46 bits per heavy atom. The molecule has 0 atom stereocenters. The molecule has 128 valence electrons. The molecule has 4 nitrogen and oxygen atoms in total. The van der Waals surface area contributed by atoms with Crippen molar-refractivity contribution in [1.29, 1.82) is 0 Å². The fourth-order valence-electron chi connectivity index (χ4n) is 2.96. The summed E-state index contributed by atoms with van der Waals surface area (Å²) in [6.45, 7) is 3.29. The van der Waals surface area contributed by atoms with E-state index in [1.54, 1.807) is 24.3 Å². The maximum Gasteiger partial charge on any atom is 0.255 e. The number of benzene rings is 2. The first-order chi connectivity index (χ1) is 11.2. The highest BCUT2D eigenvalue weighted by Crippen LogP contribution is 2.17. The lowest BCUT2D eigenvalue weighted by molar-refractivity contribution is 0.102. The summed E-state index contributed by atoms with van der Waals surface area (Å²) in [5, 5.41) is 2.96. The zero-order valence-electron chi connectivity index (χ0n) is 13.7. The quantitative estimate of drug-likeness (QED) is 0.825. The van der Waals surface area contributed by atoms with Crippen LogP contribution in [0.25, 0.3) is 0 Å². The zero-order valence-corrected chi connectivity index (χ0v) is 14.5. The third-order valence-corrected chi connectivity index (χ3v) is 4.21. The molecule has 3 rings (SSSR count). The maximum absolute atomic E-state index is 12.3. The van der Waals surface area contributed by atoms with Crippen molar-refractivity contribution in [1.82, 2.24) is 4.90 Å². The summed E-state index contributed by atoms with van der Waals surface area (Å²) in [4.78, 5) is 14.7. The molecule has 1 heterocycles. The van der Waals surface area contributed by atoms with E-state index in [-0.39, 0.29) is 18.3 Å². The average Bonchev–Trinajstić information content (AvgIpc) is 2.57. The minimum Gasteiger partial charge on any atom is -0.399 e. The van der Waals surface area contributed by atoms with Crippen LogP contribution in [0.3, 0.4) is 0 Å². The van der Waals surface area contributed by atoms with Gasteiger partial charge in [-0.2, -0.15) is 0 Å². The van der Waals surface area contributed by atoms with E-state index in [9.17, 15) is 4.79 Å². The molecule has 2 aromatic carbocycles. The van der Waals surface area contributed by atoms with E-state index in [2.05, 4.69) is 22.3 Å². The highest BCUT2D eigenvalue weighted by molar-refractivity contribution is 6.04. The molecule has 0 radical (unpaired) electrons. The summed E-state index contributed by atoms with van der Waals surface area (Å²) in [6.07, 6.45) is 3.91. The standard InChI is InChI=1S/C19H23N3O.ClH/c20-17-9-7-16(8-10-17)19(23)21-18-6-4-5-15(13-18)14-22-11-2-1-3-12-22;/h4-10,13H,1-3,11-12,14,20H2,(H,21,23);1H. The van der Waals surface area contributed by atoms with Crippen molar-refractivity contribution in [2.75, 3.05) is 24.1 Å². The average molecular weight is 346 g/mol. The van der Waals surface area contributed by atoms with Gasteiger partial charge in [-0.15, -0.1) is 12.4 Å². The Morgan fingerprint density at radius 1 is 1.04 bits per heavy atom. The van der Waals surface area contributed by atoms with Gasteiger partial charge in [0.15, 0.2) is 0 Å². The number of hydrogen-bond acceptors (Lipinski definition) is 3. The molecule has 0 saturated carbocycles. The lowest BCUT2D eigenvalue weighted by Crippen LogP contribution is -2.29. The molecule has 0 unspecified atom stereocenters. The third-order valence-electron chi connectivity index (χ3n) is 4.21. The number of carbonyl (C=O) groups is 1. The van der Waals surface area contributed by atoms with Crippen molar-refractivity contribution in [2.45, 2.75) is 25.8 Å². The number of rotatable bonds is 4. The number of carbonyl (C=O) groups excluding carboxylic acids is 1. The second kappa shape index (κ2) is 8.71. The van der Waals surface area contributed by atoms with Gasteiger partial charge in [0.2, 0.25) is 0 Å². The Balaban J connectivity index is 0.00000208. The number of nitrogens with two attached hydrogens (primary N) is 1. The number of halogens is 1. The third kappa shape index (κ3) is 4.98. The highest BCUT2D eigenvalue weighted by Gasteiger charge is 2.11. The number of piperidine rings is 1. The number of nitrogen functional groups attached to an aromatic ring is 1. The first kappa shape index (κ1) is 18.3. The molecule has 0 aliphatic carbocycles. The zero-order chi connectivity index (χ0) is 16.1. The van der Waals surface area contributed by atoms with Crippen molar-refractivity contribution in [2.24, 2.45) is 0 Å². The topological polar surface area (TPSA) is 58.4 Å². The van der Waals surface area contributed by atoms with Gasteiger partial charge in [0, 0.05) is 23.5 Å². The van der Waals surface area contributed by atoms with Crippen LogP contribution in [0.4, 0.5) is 11.4 Å². The van der Waals surface area contributed by atoms with E-state index >= 15 is 0 Å². The molecule has 2 aromatic rings. The van der Waals surface area contributed by atoms with Gasteiger partial charge in [-0.3, -0.25) is 9.69 Å². The van der Waals surface area contributed by atoms with Crippen LogP contribution in [-0.2, 0) is 6.54 Å². The van der Waals surface area contributed by atoms with Crippen LogP contribution in [0, 0.1) is 0 Å². The number of nitrogens with zero attached hydrogens (tertiary/aromatic N) is 1. The van der Waals surface area contributed by atoms with Gasteiger partial charge in [0.1, 0.15) is 0 Å². The van der Waals surface area contributed by atoms with E-state index < -0.39 is 0 Å². The van der Waals surface area contributed by atoms with E-state index in [1.807, 2.05) is 12.1 Å². The fourth-order valence-corrected chi connectivity index (χ4v) is 2.96. The number of amides is 1. The molecular weight excluding hydrogens is 322 g/mol. The molecule has 1 aliphatic heterocycles. The molecule has 0 aromatic heterocycles. The van der Waals surface area contributed by atoms with Crippen LogP contribution in [0.5, 0.6) is 0 Å². The van der Waals surface area contributed by atoms with E-state index in [0.717, 1.165) is 12.2 Å². The lowest BCUT2D eigenvalue weighted by atomic mass is 10.1. The van der Waals surface area contributed by atoms with Crippen molar-refractivity contribution in [3.05, 3.63) is 59.7 Å². The van der Waals surface area contributed by atoms with Crippen molar-refractivity contribution >= 4 is 29.7 Å². The molecule has 1 saturated heterocycles. The lowest BCUT2D eigenvalue weighted by Gasteiger charge is -2.26. The largest absolute Gasteiger partial charge is 0.399 e. The molecule has 3 N–H and O–H groups in total. The molecule has 1 fully saturated rings. The number of hydrogen-bond donors (Lipinski definition) is 2. The molecular formula is C19H24ClN3O. The summed E-state index contributed by atoms with van der Waals surface area (Å²) >= 11 is 0. The van der Waals surface area contributed by atoms with Gasteiger partial charge in [0.05, 0.1) is 0 Å². The van der Waals surface area contributed by atoms with Gasteiger partial charge >= 0.3 is 0 Å². The molecule has 0 bridgehead atoms. The summed E-state index contributed by atoms with van der Waals surface area (Å²) in [7, 11) is 0. The summed E-state index contributed by atoms with van der Waals surface area (Å²) in [6, 6.07) is 15.1. The maximum atomic E-state index is 12.3. The Kier molecular flexibility index (Phi) is 6.64. The van der Waals surface area contributed by atoms with Crippen molar-refractivity contribution in [3.8, 4) is 0 Å². The first-order valence-electron chi connectivity index (χ1n) is 8.19. The van der Waals surface area contributed by atoms with Gasteiger partial charge in [0.25, 0.3) is 5.91 Å². The first-order valence-corrected chi connectivity index (χ1v) is 8.19. The normalized spacial score (nSPS) is 14.7. The van der Waals surface area contributed by atoms with Crippen LogP contribution in [0.1, 0.15) is 35.2 Å². The molecule has 0 spiro atoms. The second-order valence-corrected chi connectivity index (χ2v) is 6.11. The number of anilines is 2. The van der Waals surface area contributed by atoms with E-state index in [1.165, 1.54) is 37.9 Å². The Morgan fingerprint density at radius 2 is 1.75 bits per heavy atom. The molecule has 1 amide bonds. The fraction of sp³-hybridized carbons (Fsp3) is 0.316. The van der Waals surface area contributed by atoms with Crippen molar-refractivity contribution < 1.29 is 4.79 Å². The molecule has 24 heavy (non-hydrogen) atoms. The van der Waals surface area contributed by atoms with Gasteiger partial charge in [-0.1, -0.05) is 18.6 Å². The highest BCUT2D eigenvalue weighted by atomic mass is 35.5. The minimum absolute atomic E-state index is 0. The van der Waals surface area contributed by atoms with Gasteiger partial charge < -0.3 is 11.1 Å². The Hall–Kier alpha value is -2.04. The summed E-state index contributed by atoms with van der Waals surface area (Å²) in [5.41, 5.74) is 8.99. The Labute approximate surface area is 149 Å². The van der Waals surface area contributed by atoms with Crippen LogP contribution >= 0.6 is 12.4 Å². The Bertz CT molecular complexity index is 667. The van der Waals surface area contributed by atoms with Crippen LogP contribution in [0.15, 0.2) is 48.5 Å². The summed E-state index contributed by atoms with van der Waals surface area (Å²) < 4.78 is 0. The van der Waals surface area contributed by atoms with E-state index in [4.69, 9.17) is 5.73 Å². The minimum atomic E-state index is -0.111. The van der Waals surface area contributed by atoms with Crippen LogP contribution in [0.2, 0.25) is 0 Å². The molecule has 1 aliphatic rings. The number of likely N-dealkylation sites (tertiary alicyclic amines) is 1.